The van der Waals surface area contributed by atoms with Gasteiger partial charge in [0.2, 0.25) is 0 Å². The van der Waals surface area contributed by atoms with Gasteiger partial charge >= 0.3 is 0 Å². The molecule has 1 heterocycles. The number of nitrogens with one attached hydrogen (secondary N) is 1. The third-order valence-electron chi connectivity index (χ3n) is 4.04. The van der Waals surface area contributed by atoms with Gasteiger partial charge in [0.1, 0.15) is 0 Å². The molecule has 2 amide bonds. The van der Waals surface area contributed by atoms with E-state index in [4.69, 9.17) is 26.8 Å². The number of carbonyl (C=O) groups is 2. The molecule has 146 valence electrons. The lowest BCUT2D eigenvalue weighted by molar-refractivity contribution is -0.119. The number of benzene rings is 1. The van der Waals surface area contributed by atoms with Gasteiger partial charge in [-0.3, -0.25) is 9.59 Å². The standard InChI is InChI=1S/C17H24ClN3O4.ClH/c1-3-6-21(12-4-5-20-9-12)17(23)11-7-13(18)16(14(8-11)24-2)25-10-15(19)22;/h7-8,12,20H,3-6,9-10H2,1-2H3,(H2,19,22);1H. The lowest BCUT2D eigenvalue weighted by atomic mass is 10.1. The van der Waals surface area contributed by atoms with E-state index in [1.54, 1.807) is 6.07 Å². The molecule has 1 fully saturated rings. The maximum Gasteiger partial charge on any atom is 0.255 e. The van der Waals surface area contributed by atoms with Crippen molar-refractivity contribution >= 4 is 35.8 Å². The molecule has 1 atom stereocenters. The third-order valence-corrected chi connectivity index (χ3v) is 4.32. The van der Waals surface area contributed by atoms with Crippen LogP contribution in [0.5, 0.6) is 11.5 Å². The van der Waals surface area contributed by atoms with Gasteiger partial charge in [-0.25, -0.2) is 0 Å². The first kappa shape index (κ1) is 22.3. The Bertz CT molecular complexity index is 637. The first-order valence-electron chi connectivity index (χ1n) is 8.28. The molecule has 0 bridgehead atoms. The topological polar surface area (TPSA) is 93.9 Å². The summed E-state index contributed by atoms with van der Waals surface area (Å²) in [6.45, 7) is 4.08. The minimum Gasteiger partial charge on any atom is -0.493 e. The number of nitrogens with two attached hydrogens (primary N) is 1. The Morgan fingerprint density at radius 1 is 1.42 bits per heavy atom. The van der Waals surface area contributed by atoms with Crippen LogP contribution >= 0.6 is 24.0 Å². The summed E-state index contributed by atoms with van der Waals surface area (Å²) in [5, 5.41) is 3.48. The maximum atomic E-state index is 13.0. The Balaban J connectivity index is 0.00000338. The van der Waals surface area contributed by atoms with Crippen molar-refractivity contribution in [2.24, 2.45) is 5.73 Å². The molecular weight excluding hydrogens is 381 g/mol. The number of carbonyl (C=O) groups excluding carboxylic acids is 2. The van der Waals surface area contributed by atoms with Gasteiger partial charge in [-0.15, -0.1) is 12.4 Å². The van der Waals surface area contributed by atoms with E-state index < -0.39 is 5.91 Å². The number of nitrogens with zero attached hydrogens (tertiary/aromatic N) is 1. The van der Waals surface area contributed by atoms with Gasteiger partial charge in [0.05, 0.1) is 12.1 Å². The number of halogens is 2. The van der Waals surface area contributed by atoms with E-state index in [-0.39, 0.29) is 47.5 Å². The molecule has 0 aliphatic carbocycles. The zero-order valence-electron chi connectivity index (χ0n) is 14.9. The van der Waals surface area contributed by atoms with Gasteiger partial charge in [0.15, 0.2) is 18.1 Å². The highest BCUT2D eigenvalue weighted by Gasteiger charge is 2.28. The quantitative estimate of drug-likeness (QED) is 0.687. The summed E-state index contributed by atoms with van der Waals surface area (Å²) in [6, 6.07) is 3.28. The summed E-state index contributed by atoms with van der Waals surface area (Å²) in [6.07, 6.45) is 1.79. The molecule has 9 heteroatoms. The van der Waals surface area contributed by atoms with Gasteiger partial charge in [-0.2, -0.15) is 0 Å². The molecule has 1 aromatic rings. The normalized spacial score (nSPS) is 15.9. The van der Waals surface area contributed by atoms with E-state index in [1.165, 1.54) is 13.2 Å². The number of methoxy groups -OCH3 is 1. The first-order valence-corrected chi connectivity index (χ1v) is 8.66. The minimum atomic E-state index is -0.624. The molecule has 0 radical (unpaired) electrons. The first-order chi connectivity index (χ1) is 12.0. The number of rotatable bonds is 8. The zero-order chi connectivity index (χ0) is 18.4. The summed E-state index contributed by atoms with van der Waals surface area (Å²) in [7, 11) is 1.45. The SMILES string of the molecule is CCCN(C(=O)c1cc(Cl)c(OCC(N)=O)c(OC)c1)C1CCNC1.Cl. The molecule has 2 rings (SSSR count). The Labute approximate surface area is 164 Å². The average molecular weight is 406 g/mol. The van der Waals surface area contributed by atoms with Crippen LogP contribution in [0.2, 0.25) is 5.02 Å². The van der Waals surface area contributed by atoms with Gasteiger partial charge in [-0.05, 0) is 31.5 Å². The fourth-order valence-corrected chi connectivity index (χ4v) is 3.15. The molecule has 1 saturated heterocycles. The smallest absolute Gasteiger partial charge is 0.255 e. The van der Waals surface area contributed by atoms with Gasteiger partial charge in [0, 0.05) is 24.7 Å². The van der Waals surface area contributed by atoms with Crippen LogP contribution < -0.4 is 20.5 Å². The highest BCUT2D eigenvalue weighted by molar-refractivity contribution is 6.32. The Kier molecular flexibility index (Phi) is 8.98. The van der Waals surface area contributed by atoms with Gasteiger partial charge < -0.3 is 25.4 Å². The molecule has 26 heavy (non-hydrogen) atoms. The summed E-state index contributed by atoms with van der Waals surface area (Å²) in [5.74, 6) is -0.236. The number of primary amides is 1. The van der Waals surface area contributed by atoms with Crippen LogP contribution in [0, 0.1) is 0 Å². The van der Waals surface area contributed by atoms with Crippen LogP contribution in [0.25, 0.3) is 0 Å². The van der Waals surface area contributed by atoms with Crippen molar-refractivity contribution in [2.75, 3.05) is 33.4 Å². The second-order valence-corrected chi connectivity index (χ2v) is 6.30. The van der Waals surface area contributed by atoms with Crippen LogP contribution in [0.4, 0.5) is 0 Å². The lowest BCUT2D eigenvalue weighted by Gasteiger charge is -2.28. The van der Waals surface area contributed by atoms with E-state index >= 15 is 0 Å². The monoisotopic (exact) mass is 405 g/mol. The molecule has 1 aromatic carbocycles. The molecular formula is C17H25Cl2N3O4. The highest BCUT2D eigenvalue weighted by Crippen LogP contribution is 2.37. The molecule has 3 N–H and O–H groups in total. The Morgan fingerprint density at radius 2 is 2.15 bits per heavy atom. The van der Waals surface area contributed by atoms with Crippen molar-refractivity contribution in [1.29, 1.82) is 0 Å². The van der Waals surface area contributed by atoms with Crippen LogP contribution in [0.3, 0.4) is 0 Å². The maximum absolute atomic E-state index is 13.0. The lowest BCUT2D eigenvalue weighted by Crippen LogP contribution is -2.42. The Hall–Kier alpha value is -1.70. The number of ether oxygens (including phenoxy) is 2. The molecule has 7 nitrogen and oxygen atoms in total. The van der Waals surface area contributed by atoms with E-state index in [9.17, 15) is 9.59 Å². The van der Waals surface area contributed by atoms with Crippen molar-refractivity contribution in [3.63, 3.8) is 0 Å². The molecule has 0 spiro atoms. The van der Waals surface area contributed by atoms with Crippen molar-refractivity contribution in [3.05, 3.63) is 22.7 Å². The molecule has 0 aromatic heterocycles. The Morgan fingerprint density at radius 3 is 2.69 bits per heavy atom. The average Bonchev–Trinajstić information content (AvgIpc) is 3.11. The third kappa shape index (κ3) is 5.40. The van der Waals surface area contributed by atoms with Crippen LogP contribution in [0.15, 0.2) is 12.1 Å². The molecule has 1 unspecified atom stereocenters. The van der Waals surface area contributed by atoms with E-state index in [2.05, 4.69) is 5.32 Å². The summed E-state index contributed by atoms with van der Waals surface area (Å²) in [5.41, 5.74) is 5.51. The van der Waals surface area contributed by atoms with Gasteiger partial charge in [-0.1, -0.05) is 18.5 Å². The zero-order valence-corrected chi connectivity index (χ0v) is 16.5. The van der Waals surface area contributed by atoms with Crippen LogP contribution in [-0.4, -0.2) is 56.1 Å². The minimum absolute atomic E-state index is 0. The number of hydrogen-bond donors (Lipinski definition) is 2. The largest absolute Gasteiger partial charge is 0.493 e. The van der Waals surface area contributed by atoms with Crippen LogP contribution in [0.1, 0.15) is 30.1 Å². The fourth-order valence-electron chi connectivity index (χ4n) is 2.89. The van der Waals surface area contributed by atoms with Gasteiger partial charge in [0.25, 0.3) is 11.8 Å². The van der Waals surface area contributed by atoms with E-state index in [1.807, 2.05) is 11.8 Å². The summed E-state index contributed by atoms with van der Waals surface area (Å²) < 4.78 is 10.6. The summed E-state index contributed by atoms with van der Waals surface area (Å²) in [4.78, 5) is 25.8. The van der Waals surface area contributed by atoms with E-state index in [0.717, 1.165) is 25.9 Å². The number of amides is 2. The molecule has 0 saturated carbocycles. The molecule has 1 aliphatic rings. The highest BCUT2D eigenvalue weighted by atomic mass is 35.5. The molecule has 1 aliphatic heterocycles. The predicted octanol–water partition coefficient (Wildman–Crippen LogP) is 1.85. The summed E-state index contributed by atoms with van der Waals surface area (Å²) >= 11 is 6.24. The second kappa shape index (κ2) is 10.4. The van der Waals surface area contributed by atoms with Crippen molar-refractivity contribution in [3.8, 4) is 11.5 Å². The van der Waals surface area contributed by atoms with Crippen molar-refractivity contribution < 1.29 is 19.1 Å². The fraction of sp³-hybridized carbons (Fsp3) is 0.529. The van der Waals surface area contributed by atoms with Crippen molar-refractivity contribution in [1.82, 2.24) is 10.2 Å². The van der Waals surface area contributed by atoms with E-state index in [0.29, 0.717) is 12.1 Å². The van der Waals surface area contributed by atoms with Crippen molar-refractivity contribution in [2.45, 2.75) is 25.8 Å². The predicted molar refractivity (Wildman–Crippen MR) is 103 cm³/mol. The second-order valence-electron chi connectivity index (χ2n) is 5.89. The number of hydrogen-bond acceptors (Lipinski definition) is 5. The van der Waals surface area contributed by atoms with Crippen LogP contribution in [-0.2, 0) is 4.79 Å².